The molecule has 0 aromatic rings. The smallest absolute Gasteiger partial charge is 0.169 e. The summed E-state index contributed by atoms with van der Waals surface area (Å²) in [4.78, 5) is 10.3. The van der Waals surface area contributed by atoms with Crippen molar-refractivity contribution in [1.29, 1.82) is 0 Å². The average molecular weight is 245 g/mol. The van der Waals surface area contributed by atoms with E-state index in [0.29, 0.717) is 0 Å². The molecule has 0 saturated heterocycles. The van der Waals surface area contributed by atoms with Crippen molar-refractivity contribution in [3.63, 3.8) is 0 Å². The van der Waals surface area contributed by atoms with Gasteiger partial charge in [-0.1, -0.05) is 0 Å². The summed E-state index contributed by atoms with van der Waals surface area (Å²) >= 11 is 0. The SMILES string of the molecule is Br.COC(=O)[C-]1CC1.[Zn]. The van der Waals surface area contributed by atoms with Gasteiger partial charge in [-0.3, -0.25) is 10.7 Å². The van der Waals surface area contributed by atoms with Crippen molar-refractivity contribution in [2.45, 2.75) is 12.8 Å². The van der Waals surface area contributed by atoms with E-state index in [0.717, 1.165) is 18.8 Å². The molecular formula is C5H8BrO2Zn-. The maximum atomic E-state index is 10.3. The van der Waals surface area contributed by atoms with Crippen molar-refractivity contribution < 1.29 is 29.0 Å². The summed E-state index contributed by atoms with van der Waals surface area (Å²) in [7, 11) is 1.41. The number of halogens is 1. The van der Waals surface area contributed by atoms with Crippen LogP contribution in [0.1, 0.15) is 12.8 Å². The quantitative estimate of drug-likeness (QED) is 0.393. The van der Waals surface area contributed by atoms with Crippen molar-refractivity contribution >= 4 is 23.0 Å². The maximum Gasteiger partial charge on any atom is 0.169 e. The molecule has 0 bridgehead atoms. The number of ether oxygens (including phenoxy) is 1. The van der Waals surface area contributed by atoms with E-state index in [9.17, 15) is 4.79 Å². The van der Waals surface area contributed by atoms with Gasteiger partial charge in [-0.25, -0.2) is 0 Å². The molecule has 1 saturated carbocycles. The summed E-state index contributed by atoms with van der Waals surface area (Å²) in [5, 5.41) is 0. The fourth-order valence-electron chi connectivity index (χ4n) is 0.411. The summed E-state index contributed by atoms with van der Waals surface area (Å²) in [5.41, 5.74) is 0. The third kappa shape index (κ3) is 3.93. The topological polar surface area (TPSA) is 26.3 Å². The third-order valence-electron chi connectivity index (χ3n) is 0.974. The van der Waals surface area contributed by atoms with Crippen molar-refractivity contribution in [3.05, 3.63) is 5.92 Å². The Kier molecular flexibility index (Phi) is 7.08. The molecule has 1 aliphatic carbocycles. The van der Waals surface area contributed by atoms with Crippen LogP contribution in [-0.4, -0.2) is 13.1 Å². The van der Waals surface area contributed by atoms with E-state index in [-0.39, 0.29) is 42.4 Å². The number of esters is 1. The molecule has 0 heterocycles. The molecule has 0 spiro atoms. The van der Waals surface area contributed by atoms with Crippen LogP contribution in [0.25, 0.3) is 0 Å². The van der Waals surface area contributed by atoms with Crippen LogP contribution in [0.4, 0.5) is 0 Å². The Morgan fingerprint density at radius 1 is 1.56 bits per heavy atom. The van der Waals surface area contributed by atoms with E-state index in [1.54, 1.807) is 0 Å². The van der Waals surface area contributed by atoms with Crippen LogP contribution < -0.4 is 0 Å². The zero-order chi connectivity index (χ0) is 5.28. The van der Waals surface area contributed by atoms with Crippen LogP contribution in [0.3, 0.4) is 0 Å². The van der Waals surface area contributed by atoms with Gasteiger partial charge >= 0.3 is 0 Å². The predicted octanol–water partition coefficient (Wildman–Crippen LogP) is 1.10. The number of methoxy groups -OCH3 is 1. The van der Waals surface area contributed by atoms with Crippen molar-refractivity contribution in [2.24, 2.45) is 0 Å². The van der Waals surface area contributed by atoms with E-state index >= 15 is 0 Å². The van der Waals surface area contributed by atoms with Gasteiger partial charge in [0.15, 0.2) is 5.97 Å². The van der Waals surface area contributed by atoms with E-state index in [2.05, 4.69) is 4.74 Å². The molecule has 50 valence electrons. The minimum absolute atomic E-state index is 0. The van der Waals surface area contributed by atoms with Gasteiger partial charge in [0, 0.05) is 19.5 Å². The molecule has 0 unspecified atom stereocenters. The normalized spacial score (nSPS) is 12.8. The standard InChI is InChI=1S/C5H7O2.BrH.Zn/c1-7-5(6)4-2-3-4;;/h2-3H2,1H3;1H;/q-1;;. The summed E-state index contributed by atoms with van der Waals surface area (Å²) < 4.78 is 4.40. The number of hydrogen-bond donors (Lipinski definition) is 0. The van der Waals surface area contributed by atoms with E-state index < -0.39 is 0 Å². The molecule has 1 aliphatic rings. The fourth-order valence-corrected chi connectivity index (χ4v) is 0.411. The molecule has 0 aromatic heterocycles. The predicted molar refractivity (Wildman–Crippen MR) is 34.8 cm³/mol. The Morgan fingerprint density at radius 2 is 2.00 bits per heavy atom. The van der Waals surface area contributed by atoms with Gasteiger partial charge in [0.05, 0.1) is 7.11 Å². The van der Waals surface area contributed by atoms with Crippen molar-refractivity contribution in [3.8, 4) is 0 Å². The fraction of sp³-hybridized carbons (Fsp3) is 0.600. The Balaban J connectivity index is 0. The first kappa shape index (κ1) is 12.2. The van der Waals surface area contributed by atoms with Crippen molar-refractivity contribution in [2.75, 3.05) is 7.11 Å². The molecule has 0 atom stereocenters. The Bertz CT molecular complexity index is 93.0. The minimum atomic E-state index is -0.125. The van der Waals surface area contributed by atoms with Crippen molar-refractivity contribution in [1.82, 2.24) is 0 Å². The molecule has 2 nitrogen and oxygen atoms in total. The largest absolute Gasteiger partial charge is 0.491 e. The van der Waals surface area contributed by atoms with Gasteiger partial charge in [0.2, 0.25) is 0 Å². The Hall–Kier alpha value is 0.443. The molecule has 9 heavy (non-hydrogen) atoms. The van der Waals surface area contributed by atoms with Crippen LogP contribution in [0.5, 0.6) is 0 Å². The Morgan fingerprint density at radius 3 is 2.11 bits per heavy atom. The second-order valence-corrected chi connectivity index (χ2v) is 1.60. The second kappa shape index (κ2) is 5.25. The number of hydrogen-bond acceptors (Lipinski definition) is 2. The number of carbonyl (C=O) groups excluding carboxylic acids is 1. The summed E-state index contributed by atoms with van der Waals surface area (Å²) in [6, 6.07) is 0. The van der Waals surface area contributed by atoms with Gasteiger partial charge in [-0.15, -0.1) is 17.0 Å². The van der Waals surface area contributed by atoms with Gasteiger partial charge in [-0.2, -0.15) is 12.8 Å². The van der Waals surface area contributed by atoms with Gasteiger partial charge in [0.25, 0.3) is 0 Å². The molecule has 0 aliphatic heterocycles. The number of carbonyl (C=O) groups is 1. The molecule has 0 amide bonds. The molecule has 0 N–H and O–H groups in total. The van der Waals surface area contributed by atoms with Gasteiger partial charge in [0.1, 0.15) is 0 Å². The second-order valence-electron chi connectivity index (χ2n) is 1.60. The first-order valence-electron chi connectivity index (χ1n) is 2.27. The maximum absolute atomic E-state index is 10.3. The molecule has 1 fully saturated rings. The first-order valence-corrected chi connectivity index (χ1v) is 2.27. The monoisotopic (exact) mass is 243 g/mol. The third-order valence-corrected chi connectivity index (χ3v) is 0.974. The summed E-state index contributed by atoms with van der Waals surface area (Å²) in [5.74, 6) is 0.808. The van der Waals surface area contributed by atoms with Gasteiger partial charge < -0.3 is 4.74 Å². The zero-order valence-corrected chi connectivity index (χ0v) is 10.0. The van der Waals surface area contributed by atoms with E-state index in [1.165, 1.54) is 7.11 Å². The van der Waals surface area contributed by atoms with Gasteiger partial charge in [-0.05, 0) is 0 Å². The molecule has 1 rings (SSSR count). The molecular weight excluding hydrogens is 237 g/mol. The van der Waals surface area contributed by atoms with Crippen LogP contribution in [0.2, 0.25) is 0 Å². The van der Waals surface area contributed by atoms with E-state index in [1.807, 2.05) is 0 Å². The first-order chi connectivity index (χ1) is 3.34. The molecule has 0 aromatic carbocycles. The molecule has 0 radical (unpaired) electrons. The number of rotatable bonds is 1. The summed E-state index contributed by atoms with van der Waals surface area (Å²) in [6.45, 7) is 0. The van der Waals surface area contributed by atoms with E-state index in [4.69, 9.17) is 0 Å². The minimum Gasteiger partial charge on any atom is -0.491 e. The van der Waals surface area contributed by atoms with Crippen LogP contribution in [0, 0.1) is 5.92 Å². The summed E-state index contributed by atoms with van der Waals surface area (Å²) in [6.07, 6.45) is 1.90. The Labute approximate surface area is 77.9 Å². The van der Waals surface area contributed by atoms with Crippen LogP contribution >= 0.6 is 17.0 Å². The van der Waals surface area contributed by atoms with Crippen LogP contribution in [0.15, 0.2) is 0 Å². The molecule has 4 heteroatoms. The zero-order valence-electron chi connectivity index (χ0n) is 5.35. The van der Waals surface area contributed by atoms with Crippen LogP contribution in [-0.2, 0) is 29.0 Å². The average Bonchev–Trinajstić information content (AvgIpc) is 2.44.